The highest BCUT2D eigenvalue weighted by Crippen LogP contribution is 2.32. The summed E-state index contributed by atoms with van der Waals surface area (Å²) >= 11 is 0. The second-order valence-corrected chi connectivity index (χ2v) is 7.63. The van der Waals surface area contributed by atoms with Crippen LogP contribution in [-0.4, -0.2) is 53.5 Å². The summed E-state index contributed by atoms with van der Waals surface area (Å²) in [4.78, 5) is 17.3. The quantitative estimate of drug-likeness (QED) is 0.868. The van der Waals surface area contributed by atoms with E-state index in [0.29, 0.717) is 18.0 Å². The topological polar surface area (TPSA) is 49.6 Å². The van der Waals surface area contributed by atoms with Crippen molar-refractivity contribution in [3.8, 4) is 0 Å². The van der Waals surface area contributed by atoms with Crippen molar-refractivity contribution in [3.63, 3.8) is 0 Å². The van der Waals surface area contributed by atoms with E-state index in [4.69, 9.17) is 5.73 Å². The molecule has 4 nitrogen and oxygen atoms in total. The Bertz CT molecular complexity index is 363. The van der Waals surface area contributed by atoms with Gasteiger partial charge in [-0.05, 0) is 45.4 Å². The Morgan fingerprint density at radius 3 is 2.43 bits per heavy atom. The molecule has 0 aromatic rings. The maximum absolute atomic E-state index is 12.9. The van der Waals surface area contributed by atoms with Crippen LogP contribution in [0, 0.1) is 5.92 Å². The summed E-state index contributed by atoms with van der Waals surface area (Å²) < 4.78 is 0. The van der Waals surface area contributed by atoms with Crippen LogP contribution in [0.15, 0.2) is 0 Å². The zero-order valence-electron chi connectivity index (χ0n) is 14.3. The lowest BCUT2D eigenvalue weighted by Crippen LogP contribution is -2.59. The van der Waals surface area contributed by atoms with Crippen molar-refractivity contribution in [2.75, 3.05) is 20.1 Å². The number of hydrogen-bond acceptors (Lipinski definition) is 3. The summed E-state index contributed by atoms with van der Waals surface area (Å²) in [6.07, 6.45) is 6.15. The molecular weight excluding hydrogens is 262 g/mol. The molecule has 21 heavy (non-hydrogen) atoms. The van der Waals surface area contributed by atoms with Gasteiger partial charge in [0, 0.05) is 32.2 Å². The Kier molecular flexibility index (Phi) is 5.31. The molecule has 0 radical (unpaired) electrons. The number of amides is 1. The van der Waals surface area contributed by atoms with E-state index in [2.05, 4.69) is 25.7 Å². The number of carbonyl (C=O) groups is 1. The summed E-state index contributed by atoms with van der Waals surface area (Å²) in [5.41, 5.74) is 5.86. The van der Waals surface area contributed by atoms with Crippen molar-refractivity contribution in [2.24, 2.45) is 11.7 Å². The highest BCUT2D eigenvalue weighted by atomic mass is 16.2. The first kappa shape index (κ1) is 16.8. The van der Waals surface area contributed by atoms with E-state index in [1.54, 1.807) is 0 Å². The van der Waals surface area contributed by atoms with Gasteiger partial charge >= 0.3 is 0 Å². The summed E-state index contributed by atoms with van der Waals surface area (Å²) in [6.45, 7) is 8.89. The first-order chi connectivity index (χ1) is 9.83. The third-order valence-electron chi connectivity index (χ3n) is 5.56. The minimum atomic E-state index is -0.610. The molecule has 2 unspecified atom stereocenters. The van der Waals surface area contributed by atoms with Gasteiger partial charge in [0.2, 0.25) is 5.91 Å². The van der Waals surface area contributed by atoms with Gasteiger partial charge in [-0.1, -0.05) is 19.8 Å². The zero-order chi connectivity index (χ0) is 15.6. The molecule has 0 spiro atoms. The maximum Gasteiger partial charge on any atom is 0.242 e. The predicted molar refractivity (Wildman–Crippen MR) is 87.1 cm³/mol. The summed E-state index contributed by atoms with van der Waals surface area (Å²) in [5, 5.41) is 0. The van der Waals surface area contributed by atoms with E-state index in [1.165, 1.54) is 6.42 Å². The molecule has 4 heteroatoms. The van der Waals surface area contributed by atoms with Crippen molar-refractivity contribution < 1.29 is 4.79 Å². The first-order valence-corrected chi connectivity index (χ1v) is 8.63. The predicted octanol–water partition coefficient (Wildman–Crippen LogP) is 2.23. The fourth-order valence-corrected chi connectivity index (χ4v) is 4.09. The van der Waals surface area contributed by atoms with Crippen LogP contribution < -0.4 is 5.73 Å². The fraction of sp³-hybridized carbons (Fsp3) is 0.941. The second-order valence-electron chi connectivity index (χ2n) is 7.63. The average Bonchev–Trinajstić information content (AvgIpc) is 2.45. The number of hydrogen-bond donors (Lipinski definition) is 1. The molecule has 0 aromatic carbocycles. The van der Waals surface area contributed by atoms with Crippen molar-refractivity contribution >= 4 is 5.91 Å². The van der Waals surface area contributed by atoms with Gasteiger partial charge in [-0.25, -0.2) is 0 Å². The average molecular weight is 295 g/mol. The molecule has 2 rings (SSSR count). The van der Waals surface area contributed by atoms with Crippen LogP contribution in [0.5, 0.6) is 0 Å². The van der Waals surface area contributed by atoms with E-state index < -0.39 is 5.54 Å². The first-order valence-electron chi connectivity index (χ1n) is 8.63. The van der Waals surface area contributed by atoms with Crippen LogP contribution in [0.4, 0.5) is 0 Å². The Balaban J connectivity index is 1.93. The van der Waals surface area contributed by atoms with Crippen LogP contribution in [0.3, 0.4) is 0 Å². The largest absolute Gasteiger partial charge is 0.341 e. The number of likely N-dealkylation sites (N-methyl/N-ethyl adjacent to an activating group) is 1. The molecule has 1 saturated heterocycles. The second kappa shape index (κ2) is 6.66. The number of nitrogens with zero attached hydrogens (tertiary/aromatic N) is 2. The zero-order valence-corrected chi connectivity index (χ0v) is 14.3. The lowest BCUT2D eigenvalue weighted by atomic mass is 9.76. The molecule has 2 atom stereocenters. The highest BCUT2D eigenvalue weighted by molar-refractivity contribution is 5.86. The maximum atomic E-state index is 12.9. The van der Waals surface area contributed by atoms with Crippen LogP contribution in [0.2, 0.25) is 0 Å². The minimum absolute atomic E-state index is 0.178. The fourth-order valence-electron chi connectivity index (χ4n) is 4.09. The van der Waals surface area contributed by atoms with Gasteiger partial charge in [0.1, 0.15) is 0 Å². The molecular formula is C17H33N3O. The van der Waals surface area contributed by atoms with Crippen molar-refractivity contribution in [2.45, 2.75) is 76.9 Å². The molecule has 0 bridgehead atoms. The van der Waals surface area contributed by atoms with E-state index in [-0.39, 0.29) is 5.91 Å². The Morgan fingerprint density at radius 2 is 1.90 bits per heavy atom. The number of nitrogens with two attached hydrogens (primary N) is 1. The molecule has 1 aliphatic carbocycles. The summed E-state index contributed by atoms with van der Waals surface area (Å²) in [5.74, 6) is 0.751. The molecule has 0 aromatic heterocycles. The number of carbonyl (C=O) groups excluding carboxylic acids is 1. The van der Waals surface area contributed by atoms with Gasteiger partial charge in [-0.15, -0.1) is 0 Å². The lowest BCUT2D eigenvalue weighted by Gasteiger charge is -2.43. The molecule has 122 valence electrons. The van der Waals surface area contributed by atoms with Crippen molar-refractivity contribution in [3.05, 3.63) is 0 Å². The summed E-state index contributed by atoms with van der Waals surface area (Å²) in [6, 6.07) is 0.970. The van der Waals surface area contributed by atoms with Gasteiger partial charge < -0.3 is 15.5 Å². The van der Waals surface area contributed by atoms with Crippen molar-refractivity contribution in [1.29, 1.82) is 0 Å². The van der Waals surface area contributed by atoms with Crippen molar-refractivity contribution in [1.82, 2.24) is 9.80 Å². The van der Waals surface area contributed by atoms with Gasteiger partial charge in [0.15, 0.2) is 0 Å². The van der Waals surface area contributed by atoms with Gasteiger partial charge in [0.05, 0.1) is 5.54 Å². The Hall–Kier alpha value is -0.610. The molecule has 1 heterocycles. The van der Waals surface area contributed by atoms with E-state index in [0.717, 1.165) is 45.2 Å². The van der Waals surface area contributed by atoms with Crippen LogP contribution in [-0.2, 0) is 4.79 Å². The van der Waals surface area contributed by atoms with E-state index in [1.807, 2.05) is 11.9 Å². The Morgan fingerprint density at radius 1 is 1.29 bits per heavy atom. The van der Waals surface area contributed by atoms with Gasteiger partial charge in [0.25, 0.3) is 0 Å². The van der Waals surface area contributed by atoms with Gasteiger partial charge in [-0.2, -0.15) is 0 Å². The van der Waals surface area contributed by atoms with E-state index >= 15 is 0 Å². The minimum Gasteiger partial charge on any atom is -0.341 e. The molecule has 2 N–H and O–H groups in total. The lowest BCUT2D eigenvalue weighted by molar-refractivity contribution is -0.140. The molecule has 2 aliphatic rings. The molecule has 1 amide bonds. The van der Waals surface area contributed by atoms with Crippen LogP contribution >= 0.6 is 0 Å². The Labute approximate surface area is 130 Å². The highest BCUT2D eigenvalue weighted by Gasteiger charge is 2.41. The van der Waals surface area contributed by atoms with E-state index in [9.17, 15) is 4.79 Å². The normalized spacial score (nSPS) is 32.4. The van der Waals surface area contributed by atoms with Crippen LogP contribution in [0.1, 0.15) is 59.3 Å². The third-order valence-corrected chi connectivity index (χ3v) is 5.56. The van der Waals surface area contributed by atoms with Crippen LogP contribution in [0.25, 0.3) is 0 Å². The third kappa shape index (κ3) is 3.78. The molecule has 2 fully saturated rings. The summed E-state index contributed by atoms with van der Waals surface area (Å²) in [7, 11) is 1.96. The monoisotopic (exact) mass is 295 g/mol. The number of rotatable bonds is 3. The smallest absolute Gasteiger partial charge is 0.242 e. The number of piperidine rings is 1. The number of likely N-dealkylation sites (tertiary alicyclic amines) is 1. The van der Waals surface area contributed by atoms with Gasteiger partial charge in [-0.3, -0.25) is 4.79 Å². The molecule has 1 saturated carbocycles. The molecule has 1 aliphatic heterocycles. The SMILES string of the molecule is CC1CCCC(N)(C(=O)N(C)C2CCN(C(C)C)CC2)C1. The standard InChI is InChI=1S/C17H33N3O/c1-13(2)20-10-7-15(8-11-20)19(4)16(21)17(18)9-5-6-14(3)12-17/h13-15H,5-12,18H2,1-4H3.